The summed E-state index contributed by atoms with van der Waals surface area (Å²) in [5, 5.41) is 1.40. The van der Waals surface area contributed by atoms with E-state index in [0.29, 0.717) is 56.5 Å². The van der Waals surface area contributed by atoms with Gasteiger partial charge in [0.15, 0.2) is 11.5 Å². The first-order chi connectivity index (χ1) is 22.0. The molecular weight excluding hydrogens is 560 g/mol. The number of ether oxygens (including phenoxy) is 2. The number of aryl methyl sites for hydroxylation is 1. The van der Waals surface area contributed by atoms with Crippen molar-refractivity contribution in [1.82, 2.24) is 9.97 Å². The van der Waals surface area contributed by atoms with E-state index in [0.717, 1.165) is 56.9 Å². The largest absolute Gasteiger partial charge is 0.423 e. The van der Waals surface area contributed by atoms with Crippen LogP contribution < -0.4 is 9.47 Å². The summed E-state index contributed by atoms with van der Waals surface area (Å²) in [6.45, 7) is 6.37. The number of rotatable bonds is 9. The van der Waals surface area contributed by atoms with Gasteiger partial charge in [0.05, 0.1) is 23.2 Å². The van der Waals surface area contributed by atoms with Crippen LogP contribution in [0, 0.1) is 30.6 Å². The maximum absolute atomic E-state index is 13.7. The SMILES string of the molecule is CCCC1CCC(C(=O)Oc2c3ccccc3c(OC(=O)C3CCC(CCC)CC3)c3nc(-c4ccccc4)c(C)nc23)CC1. The van der Waals surface area contributed by atoms with E-state index in [4.69, 9.17) is 19.4 Å². The van der Waals surface area contributed by atoms with Crippen molar-refractivity contribution in [2.45, 2.75) is 97.8 Å². The van der Waals surface area contributed by atoms with Crippen molar-refractivity contribution in [3.8, 4) is 22.8 Å². The van der Waals surface area contributed by atoms with Gasteiger partial charge in [-0.15, -0.1) is 0 Å². The molecule has 2 saturated carbocycles. The Morgan fingerprint density at radius 1 is 0.644 bits per heavy atom. The molecule has 2 fully saturated rings. The molecule has 236 valence electrons. The van der Waals surface area contributed by atoms with E-state index < -0.39 is 0 Å². The standard InChI is InChI=1S/C39H46N2O4/c1-4-11-26-17-21-29(22-18-26)38(42)44-36-31-15-9-10-16-32(31)37(45-39(43)30-23-19-27(12-5-2)20-24-30)35-34(36)40-25(3)33(41-35)28-13-7-6-8-14-28/h6-10,13-16,26-27,29-30H,4-5,11-12,17-24H2,1-3H3. The van der Waals surface area contributed by atoms with E-state index in [1.165, 1.54) is 25.7 Å². The topological polar surface area (TPSA) is 78.4 Å². The first-order valence-corrected chi connectivity index (χ1v) is 17.2. The van der Waals surface area contributed by atoms with E-state index in [-0.39, 0.29) is 23.8 Å². The number of fused-ring (bicyclic) bond motifs is 2. The molecule has 0 radical (unpaired) electrons. The third kappa shape index (κ3) is 6.75. The predicted molar refractivity (Wildman–Crippen MR) is 179 cm³/mol. The van der Waals surface area contributed by atoms with Crippen molar-refractivity contribution < 1.29 is 19.1 Å². The minimum absolute atomic E-state index is 0.134. The number of hydrogen-bond donors (Lipinski definition) is 0. The van der Waals surface area contributed by atoms with Crippen LogP contribution >= 0.6 is 0 Å². The molecule has 0 saturated heterocycles. The molecule has 4 aromatic rings. The number of aromatic nitrogens is 2. The Hall–Kier alpha value is -3.80. The molecule has 0 amide bonds. The molecule has 0 N–H and O–H groups in total. The molecular formula is C39H46N2O4. The Kier molecular flexibility index (Phi) is 9.77. The Labute approximate surface area is 266 Å². The lowest BCUT2D eigenvalue weighted by molar-refractivity contribution is -0.141. The molecule has 0 atom stereocenters. The van der Waals surface area contributed by atoms with E-state index in [9.17, 15) is 9.59 Å². The molecule has 45 heavy (non-hydrogen) atoms. The lowest BCUT2D eigenvalue weighted by atomic mass is 9.80. The highest BCUT2D eigenvalue weighted by atomic mass is 16.5. The van der Waals surface area contributed by atoms with Gasteiger partial charge in [0.2, 0.25) is 0 Å². The van der Waals surface area contributed by atoms with E-state index in [2.05, 4.69) is 13.8 Å². The van der Waals surface area contributed by atoms with Crippen LogP contribution in [0.5, 0.6) is 11.5 Å². The summed E-state index contributed by atoms with van der Waals surface area (Å²) in [4.78, 5) is 37.5. The number of benzene rings is 3. The van der Waals surface area contributed by atoms with E-state index in [1.54, 1.807) is 0 Å². The average molecular weight is 607 g/mol. The monoisotopic (exact) mass is 606 g/mol. The number of hydrogen-bond acceptors (Lipinski definition) is 6. The molecule has 1 aromatic heterocycles. The summed E-state index contributed by atoms with van der Waals surface area (Å²) < 4.78 is 12.6. The fourth-order valence-electron chi connectivity index (χ4n) is 7.60. The lowest BCUT2D eigenvalue weighted by Crippen LogP contribution is -2.26. The van der Waals surface area contributed by atoms with Crippen LogP contribution in [0.1, 0.15) is 96.6 Å². The summed E-state index contributed by atoms with van der Waals surface area (Å²) >= 11 is 0. The molecule has 1 heterocycles. The third-order valence-electron chi connectivity index (χ3n) is 10.1. The van der Waals surface area contributed by atoms with Gasteiger partial charge in [-0.05, 0) is 70.1 Å². The molecule has 6 nitrogen and oxygen atoms in total. The predicted octanol–water partition coefficient (Wildman–Crippen LogP) is 9.78. The lowest BCUT2D eigenvalue weighted by Gasteiger charge is -2.28. The van der Waals surface area contributed by atoms with Crippen LogP contribution in [0.15, 0.2) is 54.6 Å². The maximum Gasteiger partial charge on any atom is 0.314 e. The minimum Gasteiger partial charge on any atom is -0.423 e. The van der Waals surface area contributed by atoms with Gasteiger partial charge in [-0.25, -0.2) is 9.97 Å². The smallest absolute Gasteiger partial charge is 0.314 e. The second-order valence-electron chi connectivity index (χ2n) is 13.3. The summed E-state index contributed by atoms with van der Waals surface area (Å²) in [5.74, 6) is 1.48. The summed E-state index contributed by atoms with van der Waals surface area (Å²) in [6, 6.07) is 17.6. The molecule has 0 unspecified atom stereocenters. The normalized spacial score (nSPS) is 21.9. The number of nitrogens with zero attached hydrogens (tertiary/aromatic N) is 2. The molecule has 0 bridgehead atoms. The highest BCUT2D eigenvalue weighted by molar-refractivity contribution is 6.10. The summed E-state index contributed by atoms with van der Waals surface area (Å²) in [5.41, 5.74) is 3.25. The minimum atomic E-state index is -0.214. The molecule has 6 heteroatoms. The van der Waals surface area contributed by atoms with Gasteiger partial charge in [0, 0.05) is 16.3 Å². The molecule has 2 aliphatic rings. The Bertz CT molecular complexity index is 1650. The zero-order valence-corrected chi connectivity index (χ0v) is 27.0. The van der Waals surface area contributed by atoms with Crippen LogP contribution in [0.3, 0.4) is 0 Å². The van der Waals surface area contributed by atoms with Crippen LogP contribution in [0.2, 0.25) is 0 Å². The van der Waals surface area contributed by atoms with Crippen molar-refractivity contribution in [1.29, 1.82) is 0 Å². The van der Waals surface area contributed by atoms with Crippen molar-refractivity contribution in [3.05, 3.63) is 60.3 Å². The first-order valence-electron chi connectivity index (χ1n) is 17.2. The van der Waals surface area contributed by atoms with Crippen molar-refractivity contribution in [3.63, 3.8) is 0 Å². The van der Waals surface area contributed by atoms with Gasteiger partial charge in [0.1, 0.15) is 11.0 Å². The molecule has 0 aliphatic heterocycles. The van der Waals surface area contributed by atoms with Gasteiger partial charge in [-0.2, -0.15) is 0 Å². The van der Waals surface area contributed by atoms with Crippen molar-refractivity contribution in [2.24, 2.45) is 23.7 Å². The zero-order valence-electron chi connectivity index (χ0n) is 27.0. The van der Waals surface area contributed by atoms with E-state index >= 15 is 0 Å². The van der Waals surface area contributed by atoms with Gasteiger partial charge in [-0.1, -0.05) is 94.1 Å². The number of esters is 2. The molecule has 0 spiro atoms. The van der Waals surface area contributed by atoms with Gasteiger partial charge in [-0.3, -0.25) is 9.59 Å². The second kappa shape index (κ2) is 14.1. The fourth-order valence-corrected chi connectivity index (χ4v) is 7.60. The third-order valence-corrected chi connectivity index (χ3v) is 10.1. The molecule has 6 rings (SSSR count). The molecule has 3 aromatic carbocycles. The molecule has 2 aliphatic carbocycles. The highest BCUT2D eigenvalue weighted by Gasteiger charge is 2.32. The second-order valence-corrected chi connectivity index (χ2v) is 13.3. The van der Waals surface area contributed by atoms with Crippen LogP contribution in [0.4, 0.5) is 0 Å². The van der Waals surface area contributed by atoms with Gasteiger partial charge < -0.3 is 9.47 Å². The van der Waals surface area contributed by atoms with Crippen molar-refractivity contribution >= 4 is 33.7 Å². The summed E-state index contributed by atoms with van der Waals surface area (Å²) in [6.07, 6.45) is 12.4. The fraction of sp³-hybridized carbons (Fsp3) is 0.487. The van der Waals surface area contributed by atoms with Crippen LogP contribution in [0.25, 0.3) is 33.1 Å². The number of carbonyl (C=O) groups excluding carboxylic acids is 2. The van der Waals surface area contributed by atoms with Crippen LogP contribution in [-0.4, -0.2) is 21.9 Å². The maximum atomic E-state index is 13.7. The first kappa shape index (κ1) is 31.2. The zero-order chi connectivity index (χ0) is 31.3. The average Bonchev–Trinajstić information content (AvgIpc) is 3.07. The Morgan fingerprint density at radius 2 is 1.09 bits per heavy atom. The quantitative estimate of drug-likeness (QED) is 0.107. The number of carbonyl (C=O) groups is 2. The Morgan fingerprint density at radius 3 is 1.56 bits per heavy atom. The van der Waals surface area contributed by atoms with Gasteiger partial charge in [0.25, 0.3) is 0 Å². The Balaban J connectivity index is 1.41. The highest BCUT2D eigenvalue weighted by Crippen LogP contribution is 2.44. The van der Waals surface area contributed by atoms with E-state index in [1.807, 2.05) is 61.5 Å². The van der Waals surface area contributed by atoms with Gasteiger partial charge >= 0.3 is 11.9 Å². The summed E-state index contributed by atoms with van der Waals surface area (Å²) in [7, 11) is 0. The van der Waals surface area contributed by atoms with Crippen LogP contribution in [-0.2, 0) is 9.59 Å². The van der Waals surface area contributed by atoms with Crippen molar-refractivity contribution in [2.75, 3.05) is 0 Å².